The SMILES string of the molecule is O=C([O-])c1cc2c(cc1S(=O)(=O)[O-])-c1nc3nc(nc4[nH]c([nH]c5nc(nc-2n1)-c1cc(S(=O)(=O)[O-])c(C(=O)[O-])cc1-5)c1cc(S(=O)(=O)[O-])c(C(=O)[O-])cc41)-c1cc(S(=O)(=O)[O-])c(C(=O)[O-])cc1-3. The first-order valence-corrected chi connectivity index (χ1v) is 23.4. The van der Waals surface area contributed by atoms with E-state index in [9.17, 15) is 91.5 Å². The number of carboxylic acid groups (broad SMARTS) is 4. The molecule has 9 rings (SSSR count). The summed E-state index contributed by atoms with van der Waals surface area (Å²) in [4.78, 5) is 73.8. The zero-order valence-corrected chi connectivity index (χ0v) is 35.4. The van der Waals surface area contributed by atoms with Crippen LogP contribution in [0.15, 0.2) is 68.1 Å². The van der Waals surface area contributed by atoms with Crippen LogP contribution in [0.25, 0.3) is 90.4 Å². The van der Waals surface area contributed by atoms with Gasteiger partial charge in [0.1, 0.15) is 57.6 Å². The highest BCUT2D eigenvalue weighted by Crippen LogP contribution is 2.43. The molecule has 6 aromatic rings. The number of carbonyl (C=O) groups excluding carboxylic acids is 4. The van der Waals surface area contributed by atoms with Gasteiger partial charge in [-0.1, -0.05) is 0 Å². The van der Waals surface area contributed by atoms with Gasteiger partial charge in [-0.3, -0.25) is 0 Å². The number of aromatic nitrogens is 8. The Bertz CT molecular complexity index is 4170. The smallest absolute Gasteiger partial charge is 0.164 e. The maximum absolute atomic E-state index is 12.4. The van der Waals surface area contributed by atoms with Crippen LogP contribution in [0.3, 0.4) is 0 Å². The van der Waals surface area contributed by atoms with Crippen LogP contribution >= 0.6 is 0 Å². The first-order chi connectivity index (χ1) is 31.5. The Morgan fingerprint density at radius 3 is 1.06 bits per heavy atom. The number of aromatic amines is 2. The van der Waals surface area contributed by atoms with E-state index in [1.54, 1.807) is 0 Å². The van der Waals surface area contributed by atoms with Crippen LogP contribution in [-0.4, -0.2) is 116 Å². The minimum Gasteiger partial charge on any atom is -0.744 e. The minimum absolute atomic E-state index is 0.444. The molecule has 2 N–H and O–H groups in total. The molecule has 0 saturated carbocycles. The number of H-pyrrole nitrogens is 2. The summed E-state index contributed by atoms with van der Waals surface area (Å²) in [5, 5.41) is 48.0. The fraction of sp³-hybridized carbons (Fsp3) is 0. The van der Waals surface area contributed by atoms with E-state index in [1.807, 2.05) is 0 Å². The number of benzene rings is 4. The van der Waals surface area contributed by atoms with Gasteiger partial charge in [0.05, 0.1) is 43.5 Å². The fourth-order valence-electron chi connectivity index (χ4n) is 7.36. The number of nitrogens with zero attached hydrogens (tertiary/aromatic N) is 6. The molecule has 32 heteroatoms. The van der Waals surface area contributed by atoms with E-state index < -0.39 is 197 Å². The lowest BCUT2D eigenvalue weighted by molar-refractivity contribution is -0.256. The van der Waals surface area contributed by atoms with Gasteiger partial charge in [-0.15, -0.1) is 0 Å². The van der Waals surface area contributed by atoms with E-state index in [4.69, 9.17) is 0 Å². The van der Waals surface area contributed by atoms with E-state index >= 15 is 0 Å². The Labute approximate surface area is 375 Å². The second-order valence-corrected chi connectivity index (χ2v) is 19.5. The number of carboxylic acids is 4. The number of hydrogen-bond acceptors (Lipinski definition) is 26. The van der Waals surface area contributed by atoms with Gasteiger partial charge in [-0.25, -0.2) is 63.6 Å². The summed E-state index contributed by atoms with van der Waals surface area (Å²) in [6.07, 6.45) is 0. The predicted molar refractivity (Wildman–Crippen MR) is 203 cm³/mol. The summed E-state index contributed by atoms with van der Waals surface area (Å²) in [7, 11) is -22.8. The maximum Gasteiger partial charge on any atom is 0.164 e. The van der Waals surface area contributed by atoms with Crippen molar-refractivity contribution in [2.24, 2.45) is 0 Å². The molecule has 0 atom stereocenters. The molecule has 2 aromatic heterocycles. The van der Waals surface area contributed by atoms with Gasteiger partial charge in [-0.2, -0.15) is 0 Å². The van der Waals surface area contributed by atoms with Gasteiger partial charge in [0, 0.05) is 66.4 Å². The van der Waals surface area contributed by atoms with Crippen molar-refractivity contribution >= 4 is 86.4 Å². The second kappa shape index (κ2) is 14.6. The molecule has 28 nitrogen and oxygen atoms in total. The van der Waals surface area contributed by atoms with E-state index in [0.717, 1.165) is 0 Å². The third-order valence-corrected chi connectivity index (χ3v) is 13.7. The van der Waals surface area contributed by atoms with Gasteiger partial charge in [0.15, 0.2) is 29.1 Å². The van der Waals surface area contributed by atoms with E-state index in [2.05, 4.69) is 39.9 Å². The first-order valence-electron chi connectivity index (χ1n) is 17.8. The molecule has 0 radical (unpaired) electrons. The number of hydrogen-bond donors (Lipinski definition) is 2. The highest BCUT2D eigenvalue weighted by Gasteiger charge is 2.30. The number of fused-ring (bicyclic) bond motifs is 20. The van der Waals surface area contributed by atoms with Crippen LogP contribution < -0.4 is 20.4 Å². The normalized spacial score (nSPS) is 12.8. The summed E-state index contributed by atoms with van der Waals surface area (Å²) in [6.45, 7) is 0. The molecule has 0 fully saturated rings. The van der Waals surface area contributed by atoms with Gasteiger partial charge in [-0.05, 0) is 48.5 Å². The molecule has 68 heavy (non-hydrogen) atoms. The van der Waals surface area contributed by atoms with Crippen molar-refractivity contribution < 1.29 is 91.5 Å². The number of carbonyl (C=O) groups is 4. The summed E-state index contributed by atoms with van der Waals surface area (Å²) < 4.78 is 149. The maximum atomic E-state index is 12.4. The van der Waals surface area contributed by atoms with Crippen LogP contribution in [-0.2, 0) is 40.5 Å². The van der Waals surface area contributed by atoms with Crippen molar-refractivity contribution in [1.82, 2.24) is 39.9 Å². The number of aromatic carboxylic acids is 4. The molecule has 0 aliphatic carbocycles. The topological polar surface area (TPSA) is 498 Å². The van der Waals surface area contributed by atoms with E-state index in [1.165, 1.54) is 0 Å². The monoisotopic (exact) mass is 1000 g/mol. The quantitative estimate of drug-likeness (QED) is 0.136. The van der Waals surface area contributed by atoms with Gasteiger partial charge in [0.25, 0.3) is 0 Å². The van der Waals surface area contributed by atoms with Crippen molar-refractivity contribution in [2.45, 2.75) is 19.6 Å². The van der Waals surface area contributed by atoms with Gasteiger partial charge in [0.2, 0.25) is 0 Å². The summed E-state index contributed by atoms with van der Waals surface area (Å²) in [5.74, 6) is -13.2. The molecular weight excluding hydrogens is 993 g/mol. The highest BCUT2D eigenvalue weighted by molar-refractivity contribution is 7.86. The Kier molecular flexibility index (Phi) is 9.67. The lowest BCUT2D eigenvalue weighted by Gasteiger charge is -2.16. The van der Waals surface area contributed by atoms with Crippen LogP contribution in [0.4, 0.5) is 0 Å². The molecule has 0 spiro atoms. The highest BCUT2D eigenvalue weighted by atomic mass is 32.2. The van der Waals surface area contributed by atoms with Crippen molar-refractivity contribution in [3.8, 4) is 68.3 Å². The third-order valence-electron chi connectivity index (χ3n) is 10.2. The molecule has 5 heterocycles. The second-order valence-electron chi connectivity index (χ2n) is 14.2. The molecule has 0 amide bonds. The molecule has 0 unspecified atom stereocenters. The molecule has 8 bridgehead atoms. The van der Waals surface area contributed by atoms with Crippen LogP contribution in [0.5, 0.6) is 0 Å². The molecule has 3 aliphatic heterocycles. The first kappa shape index (κ1) is 44.9. The summed E-state index contributed by atoms with van der Waals surface area (Å²) in [5.41, 5.74) is -9.26. The van der Waals surface area contributed by atoms with Crippen molar-refractivity contribution in [1.29, 1.82) is 0 Å². The van der Waals surface area contributed by atoms with Crippen LogP contribution in [0.1, 0.15) is 41.4 Å². The Morgan fingerprint density at radius 1 is 0.368 bits per heavy atom. The fourth-order valence-corrected chi connectivity index (χ4v) is 10.1. The zero-order chi connectivity index (χ0) is 49.5. The molecular formula is C36H10N8O20S4-8. The summed E-state index contributed by atoms with van der Waals surface area (Å²) >= 11 is 0. The minimum atomic E-state index is -5.71. The molecule has 4 aromatic carbocycles. The average Bonchev–Trinajstić information content (AvgIpc) is 3.95. The zero-order valence-electron chi connectivity index (χ0n) is 32.1. The van der Waals surface area contributed by atoms with E-state index in [0.29, 0.717) is 48.5 Å². The largest absolute Gasteiger partial charge is 0.744 e. The van der Waals surface area contributed by atoms with Gasteiger partial charge < -0.3 is 67.8 Å². The van der Waals surface area contributed by atoms with Crippen LogP contribution in [0, 0.1) is 0 Å². The number of nitrogens with one attached hydrogen (secondary N) is 2. The number of rotatable bonds is 8. The Balaban J connectivity index is 1.55. The Hall–Kier alpha value is -8.24. The lowest BCUT2D eigenvalue weighted by Crippen LogP contribution is -2.25. The molecule has 0 saturated heterocycles. The third kappa shape index (κ3) is 7.29. The van der Waals surface area contributed by atoms with Crippen molar-refractivity contribution in [3.05, 3.63) is 70.8 Å². The average molecular weight is 1000 g/mol. The van der Waals surface area contributed by atoms with Crippen LogP contribution in [0.2, 0.25) is 0 Å². The standard InChI is InChI=1S/C36H18N8O20S4/c45-33(46)17-1-9-13(5-21(17)65(53,54)55)29-37-25(9)41-30-14-6-22(66(56,57)58)18(34(47)48)2-10(14)27(38-30)43-32-16-8-24(68(62,63)64)20(36(51)52)4-12(16)28(40-32)44-31-15-7-23(67(59,60)61)19(35(49)50)3-11(15)26(39-31)42-29/h1-8H,(H,45,46)(H,47,48)(H,49,50)(H,51,52)(H,53,54,55)(H,56,57,58)(H,59,60,61)(H,62,63,64)(H2,37,38,39,40,41,42,43,44)/p-8. The molecule has 3 aliphatic rings. The van der Waals surface area contributed by atoms with Gasteiger partial charge >= 0.3 is 0 Å². The Morgan fingerprint density at radius 2 is 0.676 bits per heavy atom. The lowest BCUT2D eigenvalue weighted by atomic mass is 10.0. The molecule has 346 valence electrons. The predicted octanol–water partition coefficient (Wildman–Crippen LogP) is -4.16. The van der Waals surface area contributed by atoms with Crippen molar-refractivity contribution in [3.63, 3.8) is 0 Å². The summed E-state index contributed by atoms with van der Waals surface area (Å²) in [6, 6.07) is 4.13. The van der Waals surface area contributed by atoms with E-state index in [-0.39, 0.29) is 0 Å². The van der Waals surface area contributed by atoms with Crippen molar-refractivity contribution in [2.75, 3.05) is 0 Å².